The van der Waals surface area contributed by atoms with E-state index in [0.29, 0.717) is 6.04 Å². The number of carboxylic acid groups (broad SMARTS) is 2. The van der Waals surface area contributed by atoms with E-state index in [-0.39, 0.29) is 12.5 Å². The zero-order valence-corrected chi connectivity index (χ0v) is 17.3. The van der Waals surface area contributed by atoms with Gasteiger partial charge in [-0.1, -0.05) is 37.3 Å². The summed E-state index contributed by atoms with van der Waals surface area (Å²) in [4.78, 5) is 34.9. The molecule has 1 unspecified atom stereocenters. The fourth-order valence-electron chi connectivity index (χ4n) is 3.16. The molecule has 1 aliphatic rings. The van der Waals surface area contributed by atoms with Crippen LogP contribution in [0.5, 0.6) is 5.75 Å². The van der Waals surface area contributed by atoms with Crippen molar-refractivity contribution in [3.8, 4) is 5.75 Å². The highest BCUT2D eigenvalue weighted by Crippen LogP contribution is 2.20. The summed E-state index contributed by atoms with van der Waals surface area (Å²) >= 11 is 0. The number of carboxylic acids is 2. The molecule has 1 heterocycles. The molecule has 0 aromatic heterocycles. The number of hydrogen-bond acceptors (Lipinski definition) is 5. The van der Waals surface area contributed by atoms with Gasteiger partial charge in [-0.2, -0.15) is 0 Å². The Morgan fingerprint density at radius 3 is 2.13 bits per heavy atom. The van der Waals surface area contributed by atoms with Crippen molar-refractivity contribution in [3.05, 3.63) is 42.5 Å². The number of carbonyl (C=O) groups excluding carboxylic acids is 1. The first-order valence-corrected chi connectivity index (χ1v) is 9.91. The quantitative estimate of drug-likeness (QED) is 0.720. The Balaban J connectivity index is 0.000000469. The Kier molecular flexibility index (Phi) is 8.61. The van der Waals surface area contributed by atoms with Gasteiger partial charge in [-0.3, -0.25) is 9.69 Å². The van der Waals surface area contributed by atoms with Gasteiger partial charge in [0.15, 0.2) is 6.61 Å². The maximum absolute atomic E-state index is 12.4. The maximum atomic E-state index is 12.4. The number of rotatable bonds is 5. The molecule has 0 bridgehead atoms. The lowest BCUT2D eigenvalue weighted by Crippen LogP contribution is -2.52. The minimum absolute atomic E-state index is 0.0759. The fourth-order valence-corrected chi connectivity index (χ4v) is 3.16. The number of piperazine rings is 1. The van der Waals surface area contributed by atoms with Gasteiger partial charge in [0.25, 0.3) is 5.91 Å². The average Bonchev–Trinajstić information content (AvgIpc) is 2.77. The van der Waals surface area contributed by atoms with E-state index in [0.717, 1.165) is 43.7 Å². The molecule has 1 amide bonds. The molecule has 0 spiro atoms. The second-order valence-electron chi connectivity index (χ2n) is 7.08. The molecular formula is C22H28N2O6. The third-order valence-electron chi connectivity index (χ3n) is 5.15. The summed E-state index contributed by atoms with van der Waals surface area (Å²) in [6, 6.07) is 14.7. The van der Waals surface area contributed by atoms with E-state index in [1.165, 1.54) is 5.39 Å². The van der Waals surface area contributed by atoms with E-state index in [9.17, 15) is 4.79 Å². The van der Waals surface area contributed by atoms with Crippen LogP contribution in [-0.4, -0.2) is 76.7 Å². The molecule has 30 heavy (non-hydrogen) atoms. The lowest BCUT2D eigenvalue weighted by Gasteiger charge is -2.37. The van der Waals surface area contributed by atoms with Crippen LogP contribution in [0, 0.1) is 0 Å². The number of carbonyl (C=O) groups is 3. The van der Waals surface area contributed by atoms with Crippen molar-refractivity contribution in [2.45, 2.75) is 26.3 Å². The zero-order valence-electron chi connectivity index (χ0n) is 17.3. The molecule has 0 saturated carbocycles. The van der Waals surface area contributed by atoms with Gasteiger partial charge in [0.05, 0.1) is 0 Å². The van der Waals surface area contributed by atoms with E-state index >= 15 is 0 Å². The van der Waals surface area contributed by atoms with Crippen LogP contribution in [0.2, 0.25) is 0 Å². The van der Waals surface area contributed by atoms with Gasteiger partial charge in [-0.15, -0.1) is 0 Å². The van der Waals surface area contributed by atoms with Crippen LogP contribution < -0.4 is 4.74 Å². The maximum Gasteiger partial charge on any atom is 0.414 e. The van der Waals surface area contributed by atoms with Crippen molar-refractivity contribution < 1.29 is 29.3 Å². The van der Waals surface area contributed by atoms with Crippen molar-refractivity contribution in [2.75, 3.05) is 32.8 Å². The van der Waals surface area contributed by atoms with Gasteiger partial charge < -0.3 is 19.8 Å². The van der Waals surface area contributed by atoms with Crippen molar-refractivity contribution in [1.82, 2.24) is 9.80 Å². The van der Waals surface area contributed by atoms with E-state index in [1.807, 2.05) is 35.2 Å². The van der Waals surface area contributed by atoms with E-state index in [2.05, 4.69) is 30.9 Å². The van der Waals surface area contributed by atoms with Crippen molar-refractivity contribution in [2.24, 2.45) is 0 Å². The Morgan fingerprint density at radius 1 is 0.967 bits per heavy atom. The van der Waals surface area contributed by atoms with Crippen LogP contribution in [0.15, 0.2) is 42.5 Å². The fraction of sp³-hybridized carbons (Fsp3) is 0.409. The number of nitrogens with zero attached hydrogens (tertiary/aromatic N) is 2. The number of ether oxygens (including phenoxy) is 1. The first-order valence-electron chi connectivity index (χ1n) is 9.91. The van der Waals surface area contributed by atoms with Crippen molar-refractivity contribution in [1.29, 1.82) is 0 Å². The second kappa shape index (κ2) is 11.2. The Labute approximate surface area is 175 Å². The molecule has 2 aromatic carbocycles. The highest BCUT2D eigenvalue weighted by Gasteiger charge is 2.23. The summed E-state index contributed by atoms with van der Waals surface area (Å²) in [5.74, 6) is -2.82. The molecule has 3 rings (SSSR count). The summed E-state index contributed by atoms with van der Waals surface area (Å²) in [5, 5.41) is 17.1. The predicted molar refractivity (Wildman–Crippen MR) is 113 cm³/mol. The molecule has 0 radical (unpaired) electrons. The first-order chi connectivity index (χ1) is 14.3. The smallest absolute Gasteiger partial charge is 0.414 e. The molecule has 1 aliphatic heterocycles. The van der Waals surface area contributed by atoms with Crippen LogP contribution >= 0.6 is 0 Å². The minimum Gasteiger partial charge on any atom is -0.484 e. The zero-order chi connectivity index (χ0) is 22.1. The monoisotopic (exact) mass is 416 g/mol. The average molecular weight is 416 g/mol. The minimum atomic E-state index is -1.82. The molecular weight excluding hydrogens is 388 g/mol. The number of benzene rings is 2. The van der Waals surface area contributed by atoms with Crippen molar-refractivity contribution in [3.63, 3.8) is 0 Å². The van der Waals surface area contributed by atoms with Crippen LogP contribution in [0.3, 0.4) is 0 Å². The molecule has 0 aliphatic carbocycles. The second-order valence-corrected chi connectivity index (χ2v) is 7.08. The summed E-state index contributed by atoms with van der Waals surface area (Å²) in [5.41, 5.74) is 0. The Bertz CT molecular complexity index is 865. The molecule has 162 valence electrons. The van der Waals surface area contributed by atoms with E-state index in [4.69, 9.17) is 24.5 Å². The van der Waals surface area contributed by atoms with Gasteiger partial charge >= 0.3 is 11.9 Å². The first kappa shape index (κ1) is 23.2. The lowest BCUT2D eigenvalue weighted by molar-refractivity contribution is -0.159. The van der Waals surface area contributed by atoms with Gasteiger partial charge in [-0.05, 0) is 36.2 Å². The Morgan fingerprint density at radius 2 is 1.57 bits per heavy atom. The number of amides is 1. The largest absolute Gasteiger partial charge is 0.484 e. The molecule has 2 N–H and O–H groups in total. The van der Waals surface area contributed by atoms with Crippen molar-refractivity contribution >= 4 is 28.6 Å². The van der Waals surface area contributed by atoms with Crippen LogP contribution in [0.1, 0.15) is 20.3 Å². The lowest BCUT2D eigenvalue weighted by atomic mass is 10.1. The standard InChI is InChI=1S/C20H26N2O2.C2H2O4/c1-3-16(2)21-10-12-22(13-11-21)20(23)15-24-19-9-8-17-6-4-5-7-18(17)14-19;3-1(4)2(5)6/h4-9,14,16H,3,10-13,15H2,1-2H3;(H,3,4)(H,5,6). The summed E-state index contributed by atoms with van der Waals surface area (Å²) < 4.78 is 5.72. The normalized spacial score (nSPS) is 15.1. The highest BCUT2D eigenvalue weighted by atomic mass is 16.5. The number of fused-ring (bicyclic) bond motifs is 1. The van der Waals surface area contributed by atoms with E-state index in [1.54, 1.807) is 0 Å². The topological polar surface area (TPSA) is 107 Å². The van der Waals surface area contributed by atoms with Crippen LogP contribution in [-0.2, 0) is 14.4 Å². The van der Waals surface area contributed by atoms with Gasteiger partial charge in [0.2, 0.25) is 0 Å². The third kappa shape index (κ3) is 6.73. The Hall–Kier alpha value is -3.13. The molecule has 2 aromatic rings. The summed E-state index contributed by atoms with van der Waals surface area (Å²) in [7, 11) is 0. The third-order valence-corrected chi connectivity index (χ3v) is 5.15. The van der Waals surface area contributed by atoms with Crippen LogP contribution in [0.25, 0.3) is 10.8 Å². The predicted octanol–water partition coefficient (Wildman–Crippen LogP) is 2.32. The molecule has 1 fully saturated rings. The SMILES string of the molecule is CCC(C)N1CCN(C(=O)COc2ccc3ccccc3c2)CC1.O=C(O)C(=O)O. The van der Waals surface area contributed by atoms with Crippen LogP contribution in [0.4, 0.5) is 0 Å². The summed E-state index contributed by atoms with van der Waals surface area (Å²) in [6.45, 7) is 8.07. The van der Waals surface area contributed by atoms with E-state index < -0.39 is 11.9 Å². The number of aliphatic carboxylic acids is 2. The van der Waals surface area contributed by atoms with Gasteiger partial charge in [-0.25, -0.2) is 9.59 Å². The number of hydrogen-bond donors (Lipinski definition) is 2. The molecule has 8 nitrogen and oxygen atoms in total. The van der Waals surface area contributed by atoms with Gasteiger partial charge in [0, 0.05) is 32.2 Å². The van der Waals surface area contributed by atoms with Gasteiger partial charge in [0.1, 0.15) is 5.75 Å². The molecule has 1 saturated heterocycles. The molecule has 8 heteroatoms. The highest BCUT2D eigenvalue weighted by molar-refractivity contribution is 6.27. The summed E-state index contributed by atoms with van der Waals surface area (Å²) in [6.07, 6.45) is 1.15. The molecule has 1 atom stereocenters.